The molecule has 2 aromatic heterocycles. The van der Waals surface area contributed by atoms with E-state index in [1.165, 1.54) is 4.68 Å². The summed E-state index contributed by atoms with van der Waals surface area (Å²) in [6.45, 7) is -0.175. The van der Waals surface area contributed by atoms with E-state index < -0.39 is 39.5 Å². The van der Waals surface area contributed by atoms with E-state index in [-0.39, 0.29) is 22.9 Å². The number of hydrogen-bond acceptors (Lipinski definition) is 10. The largest absolute Gasteiger partial charge is 0.416 e. The van der Waals surface area contributed by atoms with Crippen molar-refractivity contribution >= 4 is 55.8 Å². The molecule has 0 atom stereocenters. The highest BCUT2D eigenvalue weighted by atomic mass is 32.2. The number of sulfonamides is 1. The highest BCUT2D eigenvalue weighted by Gasteiger charge is 2.33. The van der Waals surface area contributed by atoms with Gasteiger partial charge in [0.1, 0.15) is 0 Å². The second-order valence-electron chi connectivity index (χ2n) is 8.72. The molecular formula is C21H23F3N8O4S3. The van der Waals surface area contributed by atoms with Crippen molar-refractivity contribution in [3.63, 3.8) is 0 Å². The molecule has 4 rings (SSSR count). The molecule has 18 heteroatoms. The molecule has 0 radical (unpaired) electrons. The number of alkyl halides is 3. The predicted molar refractivity (Wildman–Crippen MR) is 137 cm³/mol. The number of nitrogens with zero attached hydrogens (tertiary/aromatic N) is 5. The zero-order chi connectivity index (χ0) is 28.4. The minimum atomic E-state index is -4.66. The Labute approximate surface area is 229 Å². The van der Waals surface area contributed by atoms with Gasteiger partial charge in [0.2, 0.25) is 15.2 Å². The number of nitrogens with one attached hydrogen (secondary N) is 3. The van der Waals surface area contributed by atoms with Crippen molar-refractivity contribution in [3.05, 3.63) is 35.0 Å². The summed E-state index contributed by atoms with van der Waals surface area (Å²) in [6.07, 6.45) is -0.903. The summed E-state index contributed by atoms with van der Waals surface area (Å²) in [5, 5.41) is 16.6. The molecule has 39 heavy (non-hydrogen) atoms. The molecule has 1 aliphatic carbocycles. The third-order valence-electron chi connectivity index (χ3n) is 5.74. The van der Waals surface area contributed by atoms with E-state index in [1.54, 1.807) is 7.05 Å². The van der Waals surface area contributed by atoms with Crippen LogP contribution >= 0.6 is 23.1 Å². The maximum absolute atomic E-state index is 13.4. The normalized spacial score (nSPS) is 14.5. The Bertz CT molecular complexity index is 1480. The molecule has 210 valence electrons. The van der Waals surface area contributed by atoms with Crippen LogP contribution in [0.4, 0.5) is 28.8 Å². The second-order valence-corrected chi connectivity index (χ2v) is 12.8. The standard InChI is InChI=1S/C21H23F3N8O4S3/c1-32-20(29-30-31-32)38-17-15(10-25-39(2,35)36)27-19(37-17)28-18(34)26-14-8-7-12(21(22,23)24)9-13(14)16(33)11-5-3-4-6-11/h7-9,11,25H,3-6,10H2,1-2H3,(H2,26,27,28,34). The summed E-state index contributed by atoms with van der Waals surface area (Å²) < 4.78 is 67.4. The first-order valence-corrected chi connectivity index (χ1v) is 15.0. The van der Waals surface area contributed by atoms with Crippen molar-refractivity contribution in [2.45, 2.75) is 47.8 Å². The van der Waals surface area contributed by atoms with Gasteiger partial charge in [0.25, 0.3) is 0 Å². The molecule has 0 saturated heterocycles. The van der Waals surface area contributed by atoms with Gasteiger partial charge in [-0.1, -0.05) is 24.2 Å². The Morgan fingerprint density at radius 2 is 1.92 bits per heavy atom. The molecular weight excluding hydrogens is 581 g/mol. The van der Waals surface area contributed by atoms with Crippen LogP contribution in [0, 0.1) is 5.92 Å². The Morgan fingerprint density at radius 3 is 2.54 bits per heavy atom. The first-order chi connectivity index (χ1) is 18.3. The summed E-state index contributed by atoms with van der Waals surface area (Å²) >= 11 is 2.11. The summed E-state index contributed by atoms with van der Waals surface area (Å²) in [4.78, 5) is 30.1. The van der Waals surface area contributed by atoms with Gasteiger partial charge in [-0.3, -0.25) is 10.1 Å². The van der Waals surface area contributed by atoms with E-state index in [2.05, 4.69) is 35.9 Å². The van der Waals surface area contributed by atoms with Crippen LogP contribution in [0.3, 0.4) is 0 Å². The quantitative estimate of drug-likeness (QED) is 0.308. The first-order valence-electron chi connectivity index (χ1n) is 11.5. The van der Waals surface area contributed by atoms with Crippen molar-refractivity contribution in [2.75, 3.05) is 16.9 Å². The van der Waals surface area contributed by atoms with Gasteiger partial charge in [0, 0.05) is 18.5 Å². The zero-order valence-electron chi connectivity index (χ0n) is 20.6. The minimum absolute atomic E-state index is 0.0623. The minimum Gasteiger partial charge on any atom is -0.307 e. The number of tetrazole rings is 1. The summed E-state index contributed by atoms with van der Waals surface area (Å²) in [5.41, 5.74) is -0.971. The number of aryl methyl sites for hydroxylation is 1. The summed E-state index contributed by atoms with van der Waals surface area (Å²) in [7, 11) is -1.94. The van der Waals surface area contributed by atoms with Crippen LogP contribution in [0.1, 0.15) is 47.3 Å². The van der Waals surface area contributed by atoms with Crippen molar-refractivity contribution in [3.8, 4) is 0 Å². The van der Waals surface area contributed by atoms with Crippen LogP contribution in [0.2, 0.25) is 0 Å². The summed E-state index contributed by atoms with van der Waals surface area (Å²) in [6, 6.07) is 1.76. The fourth-order valence-electron chi connectivity index (χ4n) is 3.86. The van der Waals surface area contributed by atoms with E-state index in [0.29, 0.717) is 27.9 Å². The van der Waals surface area contributed by atoms with Crippen molar-refractivity contribution in [1.82, 2.24) is 29.9 Å². The van der Waals surface area contributed by atoms with Crippen LogP contribution < -0.4 is 15.4 Å². The molecule has 0 unspecified atom stereocenters. The number of halogens is 3. The number of thiazole rings is 1. The van der Waals surface area contributed by atoms with Crippen LogP contribution in [-0.2, 0) is 29.8 Å². The Kier molecular flexibility index (Phi) is 8.57. The number of carbonyl (C=O) groups is 2. The van der Waals surface area contributed by atoms with Crippen molar-refractivity contribution in [1.29, 1.82) is 0 Å². The lowest BCUT2D eigenvalue weighted by molar-refractivity contribution is -0.137. The van der Waals surface area contributed by atoms with Crippen LogP contribution in [-0.4, -0.2) is 51.7 Å². The zero-order valence-corrected chi connectivity index (χ0v) is 23.0. The highest BCUT2D eigenvalue weighted by molar-refractivity contribution is 8.01. The number of hydrogen-bond donors (Lipinski definition) is 3. The van der Waals surface area contributed by atoms with Crippen molar-refractivity contribution < 1.29 is 31.2 Å². The number of benzene rings is 1. The number of carbonyl (C=O) groups excluding carboxylic acids is 2. The highest BCUT2D eigenvalue weighted by Crippen LogP contribution is 2.37. The first kappa shape index (κ1) is 28.9. The maximum atomic E-state index is 13.4. The molecule has 3 aromatic rings. The lowest BCUT2D eigenvalue weighted by Crippen LogP contribution is -2.23. The maximum Gasteiger partial charge on any atom is 0.416 e. The Morgan fingerprint density at radius 1 is 1.21 bits per heavy atom. The molecule has 1 aromatic carbocycles. The van der Waals surface area contributed by atoms with Gasteiger partial charge >= 0.3 is 12.2 Å². The third kappa shape index (κ3) is 7.52. The van der Waals surface area contributed by atoms with Gasteiger partial charge in [-0.15, -0.1) is 5.10 Å². The van der Waals surface area contributed by atoms with Crippen molar-refractivity contribution in [2.24, 2.45) is 13.0 Å². The van der Waals surface area contributed by atoms with Crippen LogP contribution in [0.25, 0.3) is 0 Å². The monoisotopic (exact) mass is 604 g/mol. The number of Topliss-reactive ketones (excluding diaryl/α,β-unsaturated/α-hetero) is 1. The number of rotatable bonds is 9. The molecule has 1 aliphatic rings. The lowest BCUT2D eigenvalue weighted by atomic mass is 9.93. The van der Waals surface area contributed by atoms with E-state index in [1.807, 2.05) is 0 Å². The number of urea groups is 1. The topological polar surface area (TPSA) is 161 Å². The predicted octanol–water partition coefficient (Wildman–Crippen LogP) is 3.90. The number of ketones is 1. The van der Waals surface area contributed by atoms with Gasteiger partial charge < -0.3 is 5.32 Å². The van der Waals surface area contributed by atoms with Crippen LogP contribution in [0.5, 0.6) is 0 Å². The number of amides is 2. The third-order valence-corrected chi connectivity index (χ3v) is 8.66. The molecule has 2 heterocycles. The molecule has 2 amide bonds. The van der Waals surface area contributed by atoms with E-state index in [4.69, 9.17) is 0 Å². The van der Waals surface area contributed by atoms with Gasteiger partial charge in [-0.25, -0.2) is 27.6 Å². The summed E-state index contributed by atoms with van der Waals surface area (Å²) in [5.74, 6) is -0.857. The smallest absolute Gasteiger partial charge is 0.307 e. The molecule has 3 N–H and O–H groups in total. The Hall–Kier alpha value is -3.09. The second kappa shape index (κ2) is 11.6. The average Bonchev–Trinajstić information content (AvgIpc) is 3.59. The SMILES string of the molecule is Cn1nnnc1Sc1sc(NC(=O)Nc2ccc(C(F)(F)F)cc2C(=O)C2CCCC2)nc1CNS(C)(=O)=O. The van der Waals surface area contributed by atoms with Gasteiger partial charge in [0.15, 0.2) is 10.9 Å². The number of aromatic nitrogens is 5. The molecule has 0 spiro atoms. The number of anilines is 2. The fraction of sp³-hybridized carbons (Fsp3) is 0.429. The lowest BCUT2D eigenvalue weighted by Gasteiger charge is -2.16. The van der Waals surface area contributed by atoms with E-state index >= 15 is 0 Å². The molecule has 1 fully saturated rings. The molecule has 0 aliphatic heterocycles. The molecule has 0 bridgehead atoms. The van der Waals surface area contributed by atoms with Crippen LogP contribution in [0.15, 0.2) is 27.6 Å². The van der Waals surface area contributed by atoms with Gasteiger partial charge in [-0.05, 0) is 53.2 Å². The van der Waals surface area contributed by atoms with E-state index in [9.17, 15) is 31.2 Å². The fourth-order valence-corrected chi connectivity index (χ4v) is 6.25. The molecule has 1 saturated carbocycles. The molecule has 12 nitrogen and oxygen atoms in total. The van der Waals surface area contributed by atoms with Gasteiger partial charge in [-0.2, -0.15) is 13.2 Å². The Balaban J connectivity index is 1.56. The average molecular weight is 605 g/mol. The van der Waals surface area contributed by atoms with E-state index in [0.717, 1.165) is 60.4 Å². The van der Waals surface area contributed by atoms with Gasteiger partial charge in [0.05, 0.1) is 34.0 Å².